The van der Waals surface area contributed by atoms with Crippen molar-refractivity contribution in [2.75, 3.05) is 19.6 Å². The van der Waals surface area contributed by atoms with Crippen LogP contribution in [0, 0.1) is 23.1 Å². The number of carbonyl (C=O) groups is 1. The highest BCUT2D eigenvalue weighted by Crippen LogP contribution is 2.38. The zero-order valence-corrected chi connectivity index (χ0v) is 14.2. The second-order valence-corrected chi connectivity index (χ2v) is 7.35. The number of carbonyl (C=O) groups excluding carboxylic acids is 1. The first kappa shape index (κ1) is 16.1. The lowest BCUT2D eigenvalue weighted by Gasteiger charge is -2.36. The Balaban J connectivity index is 1.44. The van der Waals surface area contributed by atoms with Crippen LogP contribution < -0.4 is 0 Å². The number of hydrogen-bond donors (Lipinski definition) is 0. The number of likely N-dealkylation sites (tertiary alicyclic amines) is 2. The first-order chi connectivity index (χ1) is 12.2. The van der Waals surface area contributed by atoms with E-state index in [1.54, 1.807) is 12.1 Å². The predicted molar refractivity (Wildman–Crippen MR) is 93.0 cm³/mol. The van der Waals surface area contributed by atoms with Gasteiger partial charge in [-0.3, -0.25) is 0 Å². The Labute approximate surface area is 147 Å². The second-order valence-electron chi connectivity index (χ2n) is 7.35. The van der Waals surface area contributed by atoms with Crippen LogP contribution in [0.15, 0.2) is 29.8 Å². The van der Waals surface area contributed by atoms with Gasteiger partial charge in [0.05, 0.1) is 11.6 Å². The molecule has 0 radical (unpaired) electrons. The molecule has 1 unspecified atom stereocenters. The van der Waals surface area contributed by atoms with Gasteiger partial charge in [-0.2, -0.15) is 5.26 Å². The van der Waals surface area contributed by atoms with Crippen LogP contribution in [0.25, 0.3) is 5.57 Å². The fraction of sp³-hybridized carbons (Fsp3) is 0.500. The summed E-state index contributed by atoms with van der Waals surface area (Å²) in [5.41, 5.74) is 2.46. The minimum Gasteiger partial charge on any atom is -0.324 e. The van der Waals surface area contributed by atoms with Crippen molar-refractivity contribution < 1.29 is 9.18 Å². The molecule has 1 aromatic carbocycles. The average molecular weight is 339 g/mol. The molecule has 3 aliphatic rings. The van der Waals surface area contributed by atoms with E-state index in [1.165, 1.54) is 25.0 Å². The number of nitriles is 1. The van der Waals surface area contributed by atoms with Crippen LogP contribution >= 0.6 is 0 Å². The van der Waals surface area contributed by atoms with Crippen LogP contribution in [0.3, 0.4) is 0 Å². The summed E-state index contributed by atoms with van der Waals surface area (Å²) in [4.78, 5) is 16.8. The van der Waals surface area contributed by atoms with Gasteiger partial charge in [0.2, 0.25) is 0 Å². The highest BCUT2D eigenvalue weighted by molar-refractivity contribution is 5.80. The molecule has 1 saturated carbocycles. The molecule has 0 N–H and O–H groups in total. The molecule has 2 bridgehead atoms. The quantitative estimate of drug-likeness (QED) is 0.731. The van der Waals surface area contributed by atoms with Gasteiger partial charge in [0, 0.05) is 25.7 Å². The zero-order valence-electron chi connectivity index (χ0n) is 14.2. The maximum absolute atomic E-state index is 13.1. The summed E-state index contributed by atoms with van der Waals surface area (Å²) in [6.07, 6.45) is 5.03. The first-order valence-corrected chi connectivity index (χ1v) is 9.09. The third-order valence-electron chi connectivity index (χ3n) is 5.89. The summed E-state index contributed by atoms with van der Waals surface area (Å²) < 4.78 is 13.1. The van der Waals surface area contributed by atoms with E-state index >= 15 is 0 Å². The summed E-state index contributed by atoms with van der Waals surface area (Å²) in [5.74, 6) is 0.407. The van der Waals surface area contributed by atoms with Crippen LogP contribution in [0.1, 0.15) is 37.7 Å². The van der Waals surface area contributed by atoms with E-state index in [4.69, 9.17) is 0 Å². The summed E-state index contributed by atoms with van der Waals surface area (Å²) in [6, 6.07) is 8.96. The van der Waals surface area contributed by atoms with E-state index in [9.17, 15) is 14.4 Å². The van der Waals surface area contributed by atoms with Crippen molar-refractivity contribution in [1.29, 1.82) is 5.26 Å². The topological polar surface area (TPSA) is 47.3 Å². The van der Waals surface area contributed by atoms with Crippen molar-refractivity contribution in [3.05, 3.63) is 41.2 Å². The van der Waals surface area contributed by atoms with Gasteiger partial charge in [0.1, 0.15) is 5.82 Å². The van der Waals surface area contributed by atoms with Crippen molar-refractivity contribution in [3.63, 3.8) is 0 Å². The lowest BCUT2D eigenvalue weighted by atomic mass is 9.94. The molecule has 2 aliphatic heterocycles. The second kappa shape index (κ2) is 6.51. The van der Waals surface area contributed by atoms with Crippen molar-refractivity contribution in [1.82, 2.24) is 9.80 Å². The normalized spacial score (nSPS) is 25.2. The molecule has 25 heavy (non-hydrogen) atoms. The minimum absolute atomic E-state index is 0.173. The zero-order chi connectivity index (χ0) is 17.4. The Morgan fingerprint density at radius 1 is 1.16 bits per heavy atom. The number of rotatable bonds is 1. The van der Waals surface area contributed by atoms with Crippen molar-refractivity contribution in [2.24, 2.45) is 5.92 Å². The van der Waals surface area contributed by atoms with E-state index in [2.05, 4.69) is 11.0 Å². The Morgan fingerprint density at radius 2 is 1.88 bits per heavy atom. The van der Waals surface area contributed by atoms with Gasteiger partial charge in [-0.1, -0.05) is 12.1 Å². The van der Waals surface area contributed by atoms with E-state index < -0.39 is 0 Å². The van der Waals surface area contributed by atoms with Gasteiger partial charge >= 0.3 is 6.03 Å². The van der Waals surface area contributed by atoms with Crippen LogP contribution in [-0.4, -0.2) is 41.5 Å². The Kier molecular flexibility index (Phi) is 4.20. The molecule has 2 amide bonds. The molecule has 2 atom stereocenters. The van der Waals surface area contributed by atoms with Crippen molar-refractivity contribution >= 4 is 11.6 Å². The van der Waals surface area contributed by atoms with Crippen molar-refractivity contribution in [2.45, 2.75) is 38.1 Å². The summed E-state index contributed by atoms with van der Waals surface area (Å²) in [5, 5.41) is 9.53. The molecule has 5 heteroatoms. The fourth-order valence-electron chi connectivity index (χ4n) is 4.52. The standard InChI is InChI=1S/C20H22FN3O/c21-17-4-2-15(3-5-17)19(12-22)16-7-9-23(10-8-16)20(25)24-13-14-1-6-18(24)11-14/h2-5,14,18H,1,6-11,13H2/t14-,18?/m1/s1. The largest absolute Gasteiger partial charge is 0.324 e. The first-order valence-electron chi connectivity index (χ1n) is 9.09. The Morgan fingerprint density at radius 3 is 2.44 bits per heavy atom. The van der Waals surface area contributed by atoms with Gasteiger partial charge in [-0.25, -0.2) is 9.18 Å². The number of nitrogens with zero attached hydrogens (tertiary/aromatic N) is 3. The number of benzene rings is 1. The molecule has 3 fully saturated rings. The molecule has 2 saturated heterocycles. The maximum Gasteiger partial charge on any atom is 0.320 e. The molecule has 1 aliphatic carbocycles. The van der Waals surface area contributed by atoms with Gasteiger partial charge in [0.25, 0.3) is 0 Å². The van der Waals surface area contributed by atoms with Gasteiger partial charge < -0.3 is 9.80 Å². The number of urea groups is 1. The van der Waals surface area contributed by atoms with Crippen LogP contribution in [-0.2, 0) is 0 Å². The number of piperidine rings is 2. The molecular weight excluding hydrogens is 317 g/mol. The number of fused-ring (bicyclic) bond motifs is 2. The summed E-state index contributed by atoms with van der Waals surface area (Å²) >= 11 is 0. The minimum atomic E-state index is -0.300. The molecule has 2 heterocycles. The molecule has 4 nitrogen and oxygen atoms in total. The number of amides is 2. The predicted octanol–water partition coefficient (Wildman–Crippen LogP) is 3.80. The van der Waals surface area contributed by atoms with Crippen LogP contribution in [0.4, 0.5) is 9.18 Å². The lowest BCUT2D eigenvalue weighted by molar-refractivity contribution is 0.135. The number of allylic oxidation sites excluding steroid dienone is 1. The Hall–Kier alpha value is -2.35. The van der Waals surface area contributed by atoms with Gasteiger partial charge in [0.15, 0.2) is 0 Å². The molecule has 130 valence electrons. The third-order valence-corrected chi connectivity index (χ3v) is 5.89. The SMILES string of the molecule is N#CC(=C1CCN(C(=O)N2C[C@@H]3CCC2C3)CC1)c1ccc(F)cc1. The molecule has 1 aromatic rings. The van der Waals surface area contributed by atoms with Gasteiger partial charge in [-0.15, -0.1) is 0 Å². The molecular formula is C20H22FN3O. The van der Waals surface area contributed by atoms with Crippen LogP contribution in [0.2, 0.25) is 0 Å². The smallest absolute Gasteiger partial charge is 0.320 e. The van der Waals surface area contributed by atoms with E-state index in [0.717, 1.165) is 24.1 Å². The fourth-order valence-corrected chi connectivity index (χ4v) is 4.52. The highest BCUT2D eigenvalue weighted by Gasteiger charge is 2.41. The third kappa shape index (κ3) is 3.02. The van der Waals surface area contributed by atoms with E-state index in [-0.39, 0.29) is 11.8 Å². The number of hydrogen-bond acceptors (Lipinski definition) is 2. The van der Waals surface area contributed by atoms with E-state index in [0.29, 0.717) is 43.5 Å². The van der Waals surface area contributed by atoms with Gasteiger partial charge in [-0.05, 0) is 61.3 Å². The molecule has 0 spiro atoms. The molecule has 0 aromatic heterocycles. The maximum atomic E-state index is 13.1. The molecule has 4 rings (SSSR count). The number of halogens is 1. The highest BCUT2D eigenvalue weighted by atomic mass is 19.1. The summed E-state index contributed by atoms with van der Waals surface area (Å²) in [7, 11) is 0. The van der Waals surface area contributed by atoms with Crippen LogP contribution in [0.5, 0.6) is 0 Å². The Bertz CT molecular complexity index is 739. The van der Waals surface area contributed by atoms with E-state index in [1.807, 2.05) is 4.90 Å². The van der Waals surface area contributed by atoms with Crippen molar-refractivity contribution in [3.8, 4) is 6.07 Å². The monoisotopic (exact) mass is 339 g/mol. The lowest BCUT2D eigenvalue weighted by Crippen LogP contribution is -2.48. The average Bonchev–Trinajstić information content (AvgIpc) is 3.27. The summed E-state index contributed by atoms with van der Waals surface area (Å²) in [6.45, 7) is 2.24.